The Hall–Kier alpha value is -3.32. The molecule has 8 nitrogen and oxygen atoms in total. The van der Waals surface area contributed by atoms with Gasteiger partial charge in [-0.3, -0.25) is 19.2 Å². The second kappa shape index (κ2) is 28.3. The van der Waals surface area contributed by atoms with Crippen LogP contribution in [0.3, 0.4) is 0 Å². The number of esters is 4. The Morgan fingerprint density at radius 2 is 0.700 bits per heavy atom. The molecule has 0 bridgehead atoms. The fourth-order valence-electron chi connectivity index (χ4n) is 7.30. The summed E-state index contributed by atoms with van der Waals surface area (Å²) in [5, 5.41) is 4.43. The van der Waals surface area contributed by atoms with Crippen LogP contribution in [0.15, 0.2) is 35.0 Å². The summed E-state index contributed by atoms with van der Waals surface area (Å²) in [7, 11) is 0. The van der Waals surface area contributed by atoms with Crippen molar-refractivity contribution in [2.75, 3.05) is 26.4 Å². The standard InChI is InChI=1S/C48H66O8S4/c1-5-53-41(49)25-17-9-13-21-35-29-31-57-45(35)47-37(23-15-11-19-27-43(51)55-7-3)33-39(59-47)40-34-38(24-16-12-20-28-44(52)56-8-4)48(60-40)46-36(30-32-58-46)22-14-10-18-26-42(50)54-6-2/h29-34H,5-28H2,1-4H3. The second-order valence-corrected chi connectivity index (χ2v) is 18.9. The van der Waals surface area contributed by atoms with Gasteiger partial charge in [-0.15, -0.1) is 45.3 Å². The number of carbonyl (C=O) groups is 4. The van der Waals surface area contributed by atoms with Crippen molar-refractivity contribution in [3.8, 4) is 29.3 Å². The summed E-state index contributed by atoms with van der Waals surface area (Å²) in [6, 6.07) is 9.39. The number of hydrogen-bond donors (Lipinski definition) is 0. The smallest absolute Gasteiger partial charge is 0.305 e. The van der Waals surface area contributed by atoms with E-state index in [1.165, 1.54) is 51.5 Å². The van der Waals surface area contributed by atoms with Crippen molar-refractivity contribution in [2.24, 2.45) is 0 Å². The van der Waals surface area contributed by atoms with Gasteiger partial charge < -0.3 is 18.9 Å². The Bertz CT molecular complexity index is 1750. The maximum Gasteiger partial charge on any atom is 0.305 e. The zero-order chi connectivity index (χ0) is 43.0. The summed E-state index contributed by atoms with van der Waals surface area (Å²) >= 11 is 7.44. The van der Waals surface area contributed by atoms with E-state index in [2.05, 4.69) is 35.0 Å². The number of thiophene rings is 4. The first-order valence-electron chi connectivity index (χ1n) is 22.3. The van der Waals surface area contributed by atoms with Crippen molar-refractivity contribution in [1.82, 2.24) is 0 Å². The van der Waals surface area contributed by atoms with Gasteiger partial charge in [0.15, 0.2) is 0 Å². The first-order chi connectivity index (χ1) is 29.3. The predicted molar refractivity (Wildman–Crippen MR) is 249 cm³/mol. The Morgan fingerprint density at radius 3 is 1.00 bits per heavy atom. The van der Waals surface area contributed by atoms with Gasteiger partial charge in [0.25, 0.3) is 0 Å². The average molecular weight is 899 g/mol. The van der Waals surface area contributed by atoms with Crippen molar-refractivity contribution < 1.29 is 38.1 Å². The van der Waals surface area contributed by atoms with Crippen molar-refractivity contribution in [3.05, 3.63) is 57.3 Å². The van der Waals surface area contributed by atoms with Crippen molar-refractivity contribution in [2.45, 2.75) is 156 Å². The molecule has 0 aliphatic carbocycles. The molecule has 330 valence electrons. The van der Waals surface area contributed by atoms with Gasteiger partial charge in [-0.25, -0.2) is 0 Å². The molecule has 4 heterocycles. The van der Waals surface area contributed by atoms with Crippen LogP contribution in [-0.4, -0.2) is 50.3 Å². The number of carbonyl (C=O) groups excluding carboxylic acids is 4. The lowest BCUT2D eigenvalue weighted by molar-refractivity contribution is -0.144. The summed E-state index contributed by atoms with van der Waals surface area (Å²) in [6.07, 6.45) is 17.0. The Balaban J connectivity index is 1.58. The second-order valence-electron chi connectivity index (χ2n) is 14.9. The van der Waals surface area contributed by atoms with Crippen LogP contribution in [0.1, 0.15) is 153 Å². The molecule has 0 fully saturated rings. The molecule has 4 rings (SSSR count). The summed E-state index contributed by atoms with van der Waals surface area (Å²) < 4.78 is 20.6. The van der Waals surface area contributed by atoms with Crippen LogP contribution in [-0.2, 0) is 63.8 Å². The molecule has 0 aliphatic heterocycles. The fraction of sp³-hybridized carbons (Fsp3) is 0.583. The lowest BCUT2D eigenvalue weighted by atomic mass is 10.0. The van der Waals surface area contributed by atoms with Crippen molar-refractivity contribution >= 4 is 69.2 Å². The summed E-state index contributed by atoms with van der Waals surface area (Å²) in [4.78, 5) is 55.7. The van der Waals surface area contributed by atoms with Crippen LogP contribution in [0.4, 0.5) is 0 Å². The normalized spacial score (nSPS) is 11.2. The molecule has 0 radical (unpaired) electrons. The molecular formula is C48H66O8S4. The van der Waals surface area contributed by atoms with Crippen LogP contribution in [0, 0.1) is 0 Å². The van der Waals surface area contributed by atoms with Crippen molar-refractivity contribution in [1.29, 1.82) is 0 Å². The van der Waals surface area contributed by atoms with E-state index in [9.17, 15) is 19.2 Å². The third kappa shape index (κ3) is 16.9. The van der Waals surface area contributed by atoms with Gasteiger partial charge in [0.2, 0.25) is 0 Å². The molecule has 0 N–H and O–H groups in total. The minimum atomic E-state index is -0.118. The molecule has 0 amide bonds. The zero-order valence-corrected chi connectivity index (χ0v) is 39.6. The molecule has 60 heavy (non-hydrogen) atoms. The topological polar surface area (TPSA) is 105 Å². The fourth-order valence-corrected chi connectivity index (χ4v) is 12.1. The minimum Gasteiger partial charge on any atom is -0.466 e. The average Bonchev–Trinajstić information content (AvgIpc) is 4.05. The number of hydrogen-bond acceptors (Lipinski definition) is 12. The van der Waals surface area contributed by atoms with Crippen LogP contribution in [0.25, 0.3) is 29.3 Å². The highest BCUT2D eigenvalue weighted by atomic mass is 32.1. The van der Waals surface area contributed by atoms with Crippen LogP contribution in [0.5, 0.6) is 0 Å². The van der Waals surface area contributed by atoms with Gasteiger partial charge in [-0.05, 0) is 162 Å². The van der Waals surface area contributed by atoms with E-state index in [0.717, 1.165) is 103 Å². The highest BCUT2D eigenvalue weighted by molar-refractivity contribution is 7.28. The molecule has 0 spiro atoms. The van der Waals surface area contributed by atoms with Crippen molar-refractivity contribution in [3.63, 3.8) is 0 Å². The molecule has 4 aromatic rings. The van der Waals surface area contributed by atoms with Gasteiger partial charge in [0, 0.05) is 54.9 Å². The van der Waals surface area contributed by atoms with Crippen LogP contribution < -0.4 is 0 Å². The SMILES string of the molecule is CCOC(=O)CCCCCc1ccsc1-c1sc(-c2cc(CCCCCC(=O)OCC)c(-c3sccc3CCCCCC(=O)OCC)s2)cc1CCCCCC(=O)OCC. The van der Waals surface area contributed by atoms with Gasteiger partial charge in [-0.1, -0.05) is 25.7 Å². The molecule has 4 aromatic heterocycles. The molecule has 0 saturated heterocycles. The Labute approximate surface area is 374 Å². The third-order valence-electron chi connectivity index (χ3n) is 10.3. The largest absolute Gasteiger partial charge is 0.466 e. The first kappa shape index (κ1) is 49.3. The van der Waals surface area contributed by atoms with Crippen LogP contribution in [0.2, 0.25) is 0 Å². The Kier molecular flexibility index (Phi) is 23.3. The van der Waals surface area contributed by atoms with Gasteiger partial charge >= 0.3 is 23.9 Å². The highest BCUT2D eigenvalue weighted by Crippen LogP contribution is 2.48. The number of aryl methyl sites for hydroxylation is 4. The number of rotatable bonds is 31. The van der Waals surface area contributed by atoms with Crippen LogP contribution >= 0.6 is 45.3 Å². The molecule has 12 heteroatoms. The van der Waals surface area contributed by atoms with E-state index in [4.69, 9.17) is 18.9 Å². The van der Waals surface area contributed by atoms with E-state index < -0.39 is 0 Å². The van der Waals surface area contributed by atoms with E-state index in [1.807, 2.05) is 73.0 Å². The molecule has 0 aromatic carbocycles. The van der Waals surface area contributed by atoms with E-state index in [1.54, 1.807) is 0 Å². The molecule has 0 atom stereocenters. The summed E-state index contributed by atoms with van der Waals surface area (Å²) in [6.45, 7) is 9.09. The summed E-state index contributed by atoms with van der Waals surface area (Å²) in [5.74, 6) is -0.460. The molecule has 0 unspecified atom stereocenters. The molecular weight excluding hydrogens is 833 g/mol. The lowest BCUT2D eigenvalue weighted by Gasteiger charge is -2.07. The maximum absolute atomic E-state index is 12.0. The van der Waals surface area contributed by atoms with E-state index in [0.29, 0.717) is 52.1 Å². The zero-order valence-electron chi connectivity index (χ0n) is 36.3. The molecule has 0 saturated carbocycles. The number of unbranched alkanes of at least 4 members (excludes halogenated alkanes) is 8. The maximum atomic E-state index is 12.0. The highest BCUT2D eigenvalue weighted by Gasteiger charge is 2.21. The monoisotopic (exact) mass is 898 g/mol. The van der Waals surface area contributed by atoms with Gasteiger partial charge in [-0.2, -0.15) is 0 Å². The van der Waals surface area contributed by atoms with E-state index in [-0.39, 0.29) is 23.9 Å². The Morgan fingerprint density at radius 1 is 0.400 bits per heavy atom. The minimum absolute atomic E-state index is 0.112. The summed E-state index contributed by atoms with van der Waals surface area (Å²) in [5.41, 5.74) is 5.47. The van der Waals surface area contributed by atoms with Gasteiger partial charge in [0.1, 0.15) is 0 Å². The quantitative estimate of drug-likeness (QED) is 0.0279. The molecule has 0 aliphatic rings. The predicted octanol–water partition coefficient (Wildman–Crippen LogP) is 13.6. The third-order valence-corrected chi connectivity index (χ3v) is 15.1. The van der Waals surface area contributed by atoms with E-state index >= 15 is 0 Å². The van der Waals surface area contributed by atoms with Gasteiger partial charge in [0.05, 0.1) is 26.4 Å². The first-order valence-corrected chi connectivity index (χ1v) is 25.7. The lowest BCUT2D eigenvalue weighted by Crippen LogP contribution is -2.03. The number of ether oxygens (including phenoxy) is 4.